The Balaban J connectivity index is 2.02. The van der Waals surface area contributed by atoms with Crippen molar-refractivity contribution >= 4 is 29.2 Å². The minimum Gasteiger partial charge on any atom is -0.463 e. The van der Waals surface area contributed by atoms with Crippen molar-refractivity contribution < 1.29 is 4.74 Å². The fraction of sp³-hybridized carbons (Fsp3) is 0.286. The Hall–Kier alpha value is -2.38. The Bertz CT molecular complexity index is 911. The molecule has 3 aromatic rings. The van der Waals surface area contributed by atoms with Gasteiger partial charge in [0.25, 0.3) is 5.17 Å². The molecule has 0 aliphatic rings. The number of hydrogen-bond acceptors (Lipinski definition) is 5. The van der Waals surface area contributed by atoms with Gasteiger partial charge in [0.1, 0.15) is 17.5 Å². The Kier molecular flexibility index (Phi) is 7.06. The second kappa shape index (κ2) is 9.71. The van der Waals surface area contributed by atoms with Gasteiger partial charge in [-0.25, -0.2) is 4.98 Å². The van der Waals surface area contributed by atoms with E-state index in [4.69, 9.17) is 21.9 Å². The molecule has 0 aliphatic carbocycles. The van der Waals surface area contributed by atoms with Crippen LogP contribution in [0.15, 0.2) is 64.8 Å². The van der Waals surface area contributed by atoms with Gasteiger partial charge in [0, 0.05) is 24.3 Å². The normalized spacial score (nSPS) is 10.9. The number of thiocarbonyl (C=S) groups is 1. The molecule has 0 fully saturated rings. The Morgan fingerprint density at radius 2 is 1.89 bits per heavy atom. The summed E-state index contributed by atoms with van der Waals surface area (Å²) in [4.78, 5) is 10.2. The maximum atomic E-state index is 5.67. The van der Waals surface area contributed by atoms with Crippen LogP contribution in [0.4, 0.5) is 0 Å². The number of nitrogens with zero attached hydrogens (tertiary/aromatic N) is 3. The zero-order chi connectivity index (χ0) is 19.9. The van der Waals surface area contributed by atoms with Gasteiger partial charge >= 0.3 is 0 Å². The standard InChI is InChI=1S/C21H24N4OS2/c1-15(2)19-20(28-17-7-5-4-6-8-17)25(13-16-9-11-23-12-10-16)18(24-19)14-26-21(27)22-3/h4-12,15H,13-14H2,1-3H3,(H,22,27). The van der Waals surface area contributed by atoms with Crippen LogP contribution in [-0.2, 0) is 17.9 Å². The third-order valence-corrected chi connectivity index (χ3v) is 5.61. The van der Waals surface area contributed by atoms with Crippen LogP contribution in [0, 0.1) is 0 Å². The molecule has 146 valence electrons. The molecule has 0 spiro atoms. The highest BCUT2D eigenvalue weighted by molar-refractivity contribution is 7.99. The molecule has 1 N–H and O–H groups in total. The monoisotopic (exact) mass is 412 g/mol. The molecule has 1 aromatic carbocycles. The van der Waals surface area contributed by atoms with Crippen LogP contribution in [-0.4, -0.2) is 26.8 Å². The highest BCUT2D eigenvalue weighted by Crippen LogP contribution is 2.35. The summed E-state index contributed by atoms with van der Waals surface area (Å²) in [6.07, 6.45) is 3.62. The lowest BCUT2D eigenvalue weighted by atomic mass is 10.1. The van der Waals surface area contributed by atoms with Gasteiger partial charge in [-0.1, -0.05) is 43.8 Å². The van der Waals surface area contributed by atoms with Crippen molar-refractivity contribution in [3.63, 3.8) is 0 Å². The van der Waals surface area contributed by atoms with E-state index in [1.807, 2.05) is 30.6 Å². The van der Waals surface area contributed by atoms with E-state index < -0.39 is 0 Å². The molecule has 0 amide bonds. The van der Waals surface area contributed by atoms with Gasteiger partial charge in [-0.3, -0.25) is 4.98 Å². The van der Waals surface area contributed by atoms with Crippen molar-refractivity contribution in [2.75, 3.05) is 7.05 Å². The summed E-state index contributed by atoms with van der Waals surface area (Å²) in [5, 5.41) is 4.34. The molecule has 0 saturated carbocycles. The summed E-state index contributed by atoms with van der Waals surface area (Å²) < 4.78 is 7.89. The van der Waals surface area contributed by atoms with E-state index in [1.165, 1.54) is 4.90 Å². The minimum atomic E-state index is 0.292. The van der Waals surface area contributed by atoms with Gasteiger partial charge in [-0.15, -0.1) is 0 Å². The molecule has 0 saturated heterocycles. The molecular weight excluding hydrogens is 388 g/mol. The van der Waals surface area contributed by atoms with E-state index in [9.17, 15) is 0 Å². The predicted molar refractivity (Wildman–Crippen MR) is 117 cm³/mol. The predicted octanol–water partition coefficient (Wildman–Crippen LogP) is 4.62. The van der Waals surface area contributed by atoms with Crippen molar-refractivity contribution in [2.45, 2.75) is 42.8 Å². The summed E-state index contributed by atoms with van der Waals surface area (Å²) in [7, 11) is 1.75. The molecule has 28 heavy (non-hydrogen) atoms. The highest BCUT2D eigenvalue weighted by Gasteiger charge is 2.21. The van der Waals surface area contributed by atoms with Crippen LogP contribution < -0.4 is 5.32 Å². The lowest BCUT2D eigenvalue weighted by molar-refractivity contribution is 0.273. The molecule has 2 aromatic heterocycles. The number of imidazole rings is 1. The van der Waals surface area contributed by atoms with E-state index in [2.05, 4.69) is 53.0 Å². The maximum Gasteiger partial charge on any atom is 0.256 e. The molecule has 0 atom stereocenters. The van der Waals surface area contributed by atoms with E-state index >= 15 is 0 Å². The van der Waals surface area contributed by atoms with Gasteiger partial charge in [0.2, 0.25) is 0 Å². The summed E-state index contributed by atoms with van der Waals surface area (Å²) >= 11 is 6.87. The van der Waals surface area contributed by atoms with Gasteiger partial charge in [-0.2, -0.15) is 0 Å². The van der Waals surface area contributed by atoms with Crippen molar-refractivity contribution in [3.8, 4) is 0 Å². The summed E-state index contributed by atoms with van der Waals surface area (Å²) in [6, 6.07) is 14.4. The highest BCUT2D eigenvalue weighted by atomic mass is 32.2. The van der Waals surface area contributed by atoms with Crippen LogP contribution in [0.5, 0.6) is 0 Å². The molecule has 0 radical (unpaired) electrons. The molecule has 0 bridgehead atoms. The second-order valence-corrected chi connectivity index (χ2v) is 7.99. The summed E-state index contributed by atoms with van der Waals surface area (Å²) in [5.41, 5.74) is 2.23. The lowest BCUT2D eigenvalue weighted by Crippen LogP contribution is -2.20. The third-order valence-electron chi connectivity index (χ3n) is 4.16. The Morgan fingerprint density at radius 1 is 1.18 bits per heavy atom. The van der Waals surface area contributed by atoms with E-state index in [0.29, 0.717) is 24.2 Å². The van der Waals surface area contributed by atoms with Crippen LogP contribution in [0.3, 0.4) is 0 Å². The zero-order valence-corrected chi connectivity index (χ0v) is 17.9. The van der Waals surface area contributed by atoms with E-state index in [1.54, 1.807) is 18.8 Å². The molecule has 0 unspecified atom stereocenters. The van der Waals surface area contributed by atoms with Gasteiger partial charge in [0.15, 0.2) is 0 Å². The van der Waals surface area contributed by atoms with Crippen molar-refractivity contribution in [2.24, 2.45) is 0 Å². The first kappa shape index (κ1) is 20.4. The summed E-state index contributed by atoms with van der Waals surface area (Å²) in [5.74, 6) is 1.15. The zero-order valence-electron chi connectivity index (χ0n) is 16.3. The second-order valence-electron chi connectivity index (χ2n) is 6.56. The first-order chi connectivity index (χ1) is 13.6. The quantitative estimate of drug-likeness (QED) is 0.572. The van der Waals surface area contributed by atoms with Crippen LogP contribution in [0.25, 0.3) is 0 Å². The van der Waals surface area contributed by atoms with Gasteiger partial charge < -0.3 is 14.6 Å². The number of aromatic nitrogens is 3. The number of rotatable bonds is 7. The topological polar surface area (TPSA) is 52.0 Å². The number of benzene rings is 1. The van der Waals surface area contributed by atoms with Crippen LogP contribution >= 0.6 is 24.0 Å². The van der Waals surface area contributed by atoms with Gasteiger partial charge in [0.05, 0.1) is 12.2 Å². The van der Waals surface area contributed by atoms with E-state index in [-0.39, 0.29) is 0 Å². The molecule has 3 rings (SSSR count). The Morgan fingerprint density at radius 3 is 2.54 bits per heavy atom. The molecule has 5 nitrogen and oxygen atoms in total. The summed E-state index contributed by atoms with van der Waals surface area (Å²) in [6.45, 7) is 5.34. The lowest BCUT2D eigenvalue weighted by Gasteiger charge is -2.14. The van der Waals surface area contributed by atoms with Crippen molar-refractivity contribution in [3.05, 3.63) is 71.9 Å². The van der Waals surface area contributed by atoms with Crippen LogP contribution in [0.2, 0.25) is 0 Å². The number of hydrogen-bond donors (Lipinski definition) is 1. The minimum absolute atomic E-state index is 0.292. The third kappa shape index (κ3) is 5.11. The largest absolute Gasteiger partial charge is 0.463 e. The Labute approximate surface area is 175 Å². The fourth-order valence-electron chi connectivity index (χ4n) is 2.73. The van der Waals surface area contributed by atoms with Crippen molar-refractivity contribution in [1.29, 1.82) is 0 Å². The molecule has 0 aliphatic heterocycles. The molecular formula is C21H24N4OS2. The first-order valence-electron chi connectivity index (χ1n) is 9.14. The van der Waals surface area contributed by atoms with Gasteiger partial charge in [-0.05, 0) is 48.0 Å². The maximum absolute atomic E-state index is 5.67. The fourth-order valence-corrected chi connectivity index (χ4v) is 3.97. The smallest absolute Gasteiger partial charge is 0.256 e. The SMILES string of the molecule is CNC(=S)OCc1nc(C(C)C)c(Sc2ccccc2)n1Cc1ccncc1. The average Bonchev–Trinajstić information content (AvgIpc) is 3.05. The number of nitrogens with one attached hydrogen (secondary N) is 1. The molecule has 2 heterocycles. The van der Waals surface area contributed by atoms with E-state index in [0.717, 1.165) is 22.1 Å². The first-order valence-corrected chi connectivity index (χ1v) is 10.4. The van der Waals surface area contributed by atoms with Crippen LogP contribution in [0.1, 0.15) is 36.8 Å². The average molecular weight is 413 g/mol. The molecule has 7 heteroatoms. The van der Waals surface area contributed by atoms with Crippen molar-refractivity contribution in [1.82, 2.24) is 19.9 Å². The number of pyridine rings is 1. The number of ether oxygens (including phenoxy) is 1.